The first-order valence-corrected chi connectivity index (χ1v) is 13.3. The number of amides is 2. The van der Waals surface area contributed by atoms with E-state index in [1.54, 1.807) is 18.2 Å². The molecule has 0 unspecified atom stereocenters. The number of benzene rings is 3. The molecular formula is C28H29BrCl2N2O3. The summed E-state index contributed by atoms with van der Waals surface area (Å²) < 4.78 is 6.65. The van der Waals surface area contributed by atoms with Gasteiger partial charge < -0.3 is 15.0 Å². The van der Waals surface area contributed by atoms with Crippen LogP contribution in [0.4, 0.5) is 0 Å². The first kappa shape index (κ1) is 28.0. The van der Waals surface area contributed by atoms with Gasteiger partial charge >= 0.3 is 0 Å². The maximum Gasteiger partial charge on any atom is 0.261 e. The number of aryl methyl sites for hydroxylation is 1. The Morgan fingerprint density at radius 2 is 1.67 bits per heavy atom. The van der Waals surface area contributed by atoms with Crippen molar-refractivity contribution in [1.82, 2.24) is 10.2 Å². The third kappa shape index (κ3) is 7.48. The van der Waals surface area contributed by atoms with Gasteiger partial charge in [-0.1, -0.05) is 72.6 Å². The number of carbonyl (C=O) groups excluding carboxylic acids is 2. The highest BCUT2D eigenvalue weighted by Gasteiger charge is 2.31. The van der Waals surface area contributed by atoms with Gasteiger partial charge in [-0.2, -0.15) is 0 Å². The van der Waals surface area contributed by atoms with Crippen LogP contribution >= 0.6 is 39.1 Å². The fourth-order valence-corrected chi connectivity index (χ4v) is 4.86. The largest absolute Gasteiger partial charge is 0.483 e. The van der Waals surface area contributed by atoms with Gasteiger partial charge in [0, 0.05) is 35.1 Å². The van der Waals surface area contributed by atoms with Gasteiger partial charge in [-0.3, -0.25) is 9.59 Å². The zero-order valence-corrected chi connectivity index (χ0v) is 23.4. The predicted octanol–water partition coefficient (Wildman–Crippen LogP) is 6.47. The van der Waals surface area contributed by atoms with E-state index < -0.39 is 6.04 Å². The summed E-state index contributed by atoms with van der Waals surface area (Å²) in [5.74, 6) is -0.0649. The maximum atomic E-state index is 13.6. The molecule has 0 aliphatic rings. The fourth-order valence-electron chi connectivity index (χ4n) is 3.80. The molecule has 0 heterocycles. The highest BCUT2D eigenvalue weighted by Crippen LogP contribution is 2.29. The average Bonchev–Trinajstić information content (AvgIpc) is 2.87. The molecular weight excluding hydrogens is 563 g/mol. The highest BCUT2D eigenvalue weighted by atomic mass is 79.9. The zero-order valence-electron chi connectivity index (χ0n) is 20.3. The van der Waals surface area contributed by atoms with Crippen LogP contribution in [-0.2, 0) is 29.0 Å². The van der Waals surface area contributed by atoms with Crippen molar-refractivity contribution in [2.75, 3.05) is 13.2 Å². The van der Waals surface area contributed by atoms with Crippen LogP contribution in [0, 0.1) is 0 Å². The molecule has 0 aliphatic carbocycles. The Morgan fingerprint density at radius 1 is 0.972 bits per heavy atom. The first-order chi connectivity index (χ1) is 17.3. The monoisotopic (exact) mass is 590 g/mol. The molecule has 0 fully saturated rings. The number of ether oxygens (including phenoxy) is 1. The molecule has 0 spiro atoms. The fraction of sp³-hybridized carbons (Fsp3) is 0.286. The van der Waals surface area contributed by atoms with Crippen molar-refractivity contribution in [3.05, 3.63) is 97.9 Å². The average molecular weight is 592 g/mol. The Kier molecular flexibility index (Phi) is 10.7. The van der Waals surface area contributed by atoms with Gasteiger partial charge in [0.2, 0.25) is 5.91 Å². The minimum absolute atomic E-state index is 0.0608. The third-order valence-electron chi connectivity index (χ3n) is 5.77. The third-order valence-corrected chi connectivity index (χ3v) is 7.10. The van der Waals surface area contributed by atoms with E-state index in [4.69, 9.17) is 27.9 Å². The van der Waals surface area contributed by atoms with Crippen LogP contribution in [0.1, 0.15) is 30.5 Å². The summed E-state index contributed by atoms with van der Waals surface area (Å²) >= 11 is 16.4. The Morgan fingerprint density at radius 3 is 2.28 bits per heavy atom. The second-order valence-electron chi connectivity index (χ2n) is 8.23. The van der Waals surface area contributed by atoms with Crippen molar-refractivity contribution in [2.24, 2.45) is 0 Å². The molecule has 8 heteroatoms. The van der Waals surface area contributed by atoms with Gasteiger partial charge in [0.15, 0.2) is 6.61 Å². The van der Waals surface area contributed by atoms with E-state index in [2.05, 4.69) is 28.2 Å². The molecule has 1 atom stereocenters. The summed E-state index contributed by atoms with van der Waals surface area (Å²) in [6.07, 6.45) is 1.22. The number of halogens is 3. The van der Waals surface area contributed by atoms with Crippen LogP contribution in [0.5, 0.6) is 5.75 Å². The van der Waals surface area contributed by atoms with Crippen molar-refractivity contribution in [1.29, 1.82) is 0 Å². The molecule has 1 N–H and O–H groups in total. The molecule has 3 aromatic carbocycles. The van der Waals surface area contributed by atoms with Crippen LogP contribution < -0.4 is 10.1 Å². The summed E-state index contributed by atoms with van der Waals surface area (Å²) in [5.41, 5.74) is 2.65. The smallest absolute Gasteiger partial charge is 0.261 e. The standard InChI is InChI=1S/C28H29BrCl2N2O3/c1-3-19-13-14-26(22(29)15-19)36-18-27(34)33(17-21-23(30)11-8-12-24(21)31)25(28(35)32-4-2)16-20-9-6-5-7-10-20/h5-15,25H,3-4,16-18H2,1-2H3,(H,32,35)/t25-/m0/s1. The van der Waals surface area contributed by atoms with Gasteiger partial charge in [-0.25, -0.2) is 0 Å². The van der Waals surface area contributed by atoms with Gasteiger partial charge in [0.25, 0.3) is 5.91 Å². The van der Waals surface area contributed by atoms with E-state index >= 15 is 0 Å². The predicted molar refractivity (Wildman–Crippen MR) is 149 cm³/mol. The molecule has 3 aromatic rings. The number of hydrogen-bond acceptors (Lipinski definition) is 3. The van der Waals surface area contributed by atoms with Crippen molar-refractivity contribution >= 4 is 50.9 Å². The van der Waals surface area contributed by atoms with Crippen LogP contribution in [-0.4, -0.2) is 35.9 Å². The minimum Gasteiger partial charge on any atom is -0.483 e. The van der Waals surface area contributed by atoms with E-state index in [0.717, 1.165) is 22.0 Å². The molecule has 36 heavy (non-hydrogen) atoms. The molecule has 190 valence electrons. The Labute approximate surface area is 230 Å². The van der Waals surface area contributed by atoms with Gasteiger partial charge in [-0.05, 0) is 64.7 Å². The Bertz CT molecular complexity index is 1170. The lowest BCUT2D eigenvalue weighted by atomic mass is 10.0. The lowest BCUT2D eigenvalue weighted by molar-refractivity contribution is -0.142. The van der Waals surface area contributed by atoms with E-state index in [0.29, 0.717) is 34.3 Å². The van der Waals surface area contributed by atoms with Crippen molar-refractivity contribution in [3.8, 4) is 5.75 Å². The SMILES string of the molecule is CCNC(=O)[C@H](Cc1ccccc1)N(Cc1c(Cl)cccc1Cl)C(=O)COc1ccc(CC)cc1Br. The lowest BCUT2D eigenvalue weighted by Crippen LogP contribution is -2.51. The Hall–Kier alpha value is -2.54. The normalized spacial score (nSPS) is 11.6. The summed E-state index contributed by atoms with van der Waals surface area (Å²) in [6.45, 7) is 4.15. The molecule has 2 amide bonds. The van der Waals surface area contributed by atoms with Crippen LogP contribution in [0.15, 0.2) is 71.2 Å². The molecule has 0 aliphatic heterocycles. The molecule has 0 saturated heterocycles. The number of nitrogens with zero attached hydrogens (tertiary/aromatic N) is 1. The highest BCUT2D eigenvalue weighted by molar-refractivity contribution is 9.10. The van der Waals surface area contributed by atoms with Crippen molar-refractivity contribution < 1.29 is 14.3 Å². The number of hydrogen-bond donors (Lipinski definition) is 1. The molecule has 0 bridgehead atoms. The lowest BCUT2D eigenvalue weighted by Gasteiger charge is -2.32. The topological polar surface area (TPSA) is 58.6 Å². The summed E-state index contributed by atoms with van der Waals surface area (Å²) in [5, 5.41) is 3.71. The van der Waals surface area contributed by atoms with Crippen molar-refractivity contribution in [2.45, 2.75) is 39.3 Å². The van der Waals surface area contributed by atoms with Gasteiger partial charge in [0.1, 0.15) is 11.8 Å². The zero-order chi connectivity index (χ0) is 26.1. The minimum atomic E-state index is -0.790. The molecule has 3 rings (SSSR count). The maximum absolute atomic E-state index is 13.6. The molecule has 0 saturated carbocycles. The summed E-state index contributed by atoms with van der Waals surface area (Å²) in [6, 6.07) is 19.7. The van der Waals surface area contributed by atoms with Crippen molar-refractivity contribution in [3.63, 3.8) is 0 Å². The number of carbonyl (C=O) groups is 2. The second-order valence-corrected chi connectivity index (χ2v) is 9.90. The van der Waals surface area contributed by atoms with Crippen LogP contribution in [0.3, 0.4) is 0 Å². The number of likely N-dealkylation sites (N-methyl/N-ethyl adjacent to an activating group) is 1. The summed E-state index contributed by atoms with van der Waals surface area (Å²) in [4.78, 5) is 28.4. The molecule has 5 nitrogen and oxygen atoms in total. The molecule has 0 aromatic heterocycles. The van der Waals surface area contributed by atoms with E-state index in [9.17, 15) is 9.59 Å². The van der Waals surface area contributed by atoms with Gasteiger partial charge in [0.05, 0.1) is 4.47 Å². The number of nitrogens with one attached hydrogen (secondary N) is 1. The van der Waals surface area contributed by atoms with E-state index in [-0.39, 0.29) is 25.0 Å². The molecule has 0 radical (unpaired) electrons. The first-order valence-electron chi connectivity index (χ1n) is 11.8. The van der Waals surface area contributed by atoms with E-state index in [1.165, 1.54) is 4.90 Å². The number of rotatable bonds is 11. The Balaban J connectivity index is 1.94. The quantitative estimate of drug-likeness (QED) is 0.278. The van der Waals surface area contributed by atoms with Gasteiger partial charge in [-0.15, -0.1) is 0 Å². The van der Waals surface area contributed by atoms with E-state index in [1.807, 2.05) is 55.5 Å². The van der Waals surface area contributed by atoms with Crippen LogP contribution in [0.2, 0.25) is 10.0 Å². The van der Waals surface area contributed by atoms with Crippen LogP contribution in [0.25, 0.3) is 0 Å². The second kappa shape index (κ2) is 13.7. The summed E-state index contributed by atoms with van der Waals surface area (Å²) in [7, 11) is 0.